The molecule has 0 fully saturated rings. The number of aromatic nitrogens is 2. The van der Waals surface area contributed by atoms with Gasteiger partial charge in [0.1, 0.15) is 0 Å². The van der Waals surface area contributed by atoms with Crippen molar-refractivity contribution in [2.75, 3.05) is 6.54 Å². The van der Waals surface area contributed by atoms with Crippen LogP contribution in [-0.4, -0.2) is 16.3 Å². The van der Waals surface area contributed by atoms with Crippen molar-refractivity contribution in [2.45, 2.75) is 26.3 Å². The summed E-state index contributed by atoms with van der Waals surface area (Å²) < 4.78 is 1.93. The summed E-state index contributed by atoms with van der Waals surface area (Å²) >= 11 is 0. The van der Waals surface area contributed by atoms with Crippen LogP contribution in [0.15, 0.2) is 36.5 Å². The van der Waals surface area contributed by atoms with Crippen LogP contribution in [0.25, 0.3) is 0 Å². The molecule has 0 aliphatic heterocycles. The number of hydrogen-bond donors (Lipinski definition) is 1. The summed E-state index contributed by atoms with van der Waals surface area (Å²) in [6.07, 6.45) is 2.93. The summed E-state index contributed by atoms with van der Waals surface area (Å²) in [5.74, 6) is 0. The van der Waals surface area contributed by atoms with Gasteiger partial charge in [-0.25, -0.2) is 0 Å². The molecule has 0 amide bonds. The zero-order valence-corrected chi connectivity index (χ0v) is 11.4. The van der Waals surface area contributed by atoms with Crippen LogP contribution in [0.3, 0.4) is 0 Å². The highest BCUT2D eigenvalue weighted by atomic mass is 15.3. The zero-order valence-electron chi connectivity index (χ0n) is 11.4. The number of rotatable bonds is 5. The fourth-order valence-electron chi connectivity index (χ4n) is 2.21. The van der Waals surface area contributed by atoms with Crippen molar-refractivity contribution in [3.8, 4) is 0 Å². The fourth-order valence-corrected chi connectivity index (χ4v) is 2.21. The van der Waals surface area contributed by atoms with Gasteiger partial charge < -0.3 is 5.32 Å². The van der Waals surface area contributed by atoms with Gasteiger partial charge in [0.15, 0.2) is 0 Å². The number of hydrogen-bond acceptors (Lipinski definition) is 2. The summed E-state index contributed by atoms with van der Waals surface area (Å²) in [4.78, 5) is 0. The Balaban J connectivity index is 2.32. The molecule has 0 saturated carbocycles. The van der Waals surface area contributed by atoms with Gasteiger partial charge in [0, 0.05) is 13.2 Å². The number of nitrogens with one attached hydrogen (secondary N) is 1. The van der Waals surface area contributed by atoms with Crippen molar-refractivity contribution < 1.29 is 0 Å². The lowest BCUT2D eigenvalue weighted by Crippen LogP contribution is -2.24. The molecule has 0 spiro atoms. The van der Waals surface area contributed by atoms with Crippen LogP contribution in [0.1, 0.15) is 36.7 Å². The van der Waals surface area contributed by atoms with Crippen LogP contribution in [0.5, 0.6) is 0 Å². The van der Waals surface area contributed by atoms with Gasteiger partial charge >= 0.3 is 0 Å². The summed E-state index contributed by atoms with van der Waals surface area (Å²) in [5.41, 5.74) is 3.86. The van der Waals surface area contributed by atoms with Crippen LogP contribution in [0.4, 0.5) is 0 Å². The minimum Gasteiger partial charge on any atom is -0.305 e. The monoisotopic (exact) mass is 243 g/mol. The summed E-state index contributed by atoms with van der Waals surface area (Å²) in [6.45, 7) is 5.24. The molecule has 1 N–H and O–H groups in total. The van der Waals surface area contributed by atoms with E-state index in [0.29, 0.717) is 0 Å². The highest BCUT2D eigenvalue weighted by molar-refractivity contribution is 5.30. The molecule has 2 aromatic rings. The van der Waals surface area contributed by atoms with Crippen molar-refractivity contribution in [3.05, 3.63) is 53.3 Å². The molecule has 0 aliphatic carbocycles. The molecule has 2 rings (SSSR count). The molecule has 0 aliphatic rings. The SMILES string of the molecule is CCNC(c1ccc(CC)cc1)c1ccnn1C. The van der Waals surface area contributed by atoms with E-state index in [9.17, 15) is 0 Å². The molecule has 1 unspecified atom stereocenters. The number of benzene rings is 1. The Bertz CT molecular complexity index is 485. The van der Waals surface area contributed by atoms with Crippen LogP contribution in [0.2, 0.25) is 0 Å². The molecule has 96 valence electrons. The second kappa shape index (κ2) is 5.83. The van der Waals surface area contributed by atoms with E-state index in [4.69, 9.17) is 0 Å². The largest absolute Gasteiger partial charge is 0.305 e. The van der Waals surface area contributed by atoms with E-state index in [-0.39, 0.29) is 6.04 Å². The average molecular weight is 243 g/mol. The van der Waals surface area contributed by atoms with Crippen LogP contribution in [-0.2, 0) is 13.5 Å². The Hall–Kier alpha value is -1.61. The molecule has 18 heavy (non-hydrogen) atoms. The third-order valence-corrected chi connectivity index (χ3v) is 3.28. The Kier molecular flexibility index (Phi) is 4.15. The van der Waals surface area contributed by atoms with Crippen LogP contribution >= 0.6 is 0 Å². The maximum Gasteiger partial charge on any atom is 0.0748 e. The van der Waals surface area contributed by atoms with E-state index >= 15 is 0 Å². The highest BCUT2D eigenvalue weighted by Gasteiger charge is 2.15. The molecule has 3 nitrogen and oxygen atoms in total. The second-order valence-electron chi connectivity index (χ2n) is 4.47. The van der Waals surface area contributed by atoms with E-state index < -0.39 is 0 Å². The Morgan fingerprint density at radius 1 is 1.17 bits per heavy atom. The van der Waals surface area contributed by atoms with Gasteiger partial charge in [-0.1, -0.05) is 38.1 Å². The molecule has 1 aromatic heterocycles. The summed E-state index contributed by atoms with van der Waals surface area (Å²) in [7, 11) is 1.99. The van der Waals surface area contributed by atoms with E-state index in [1.54, 1.807) is 0 Å². The Labute approximate surface area is 109 Å². The molecule has 3 heteroatoms. The van der Waals surface area contributed by atoms with Crippen molar-refractivity contribution in [1.29, 1.82) is 0 Å². The summed E-state index contributed by atoms with van der Waals surface area (Å²) in [6, 6.07) is 11.1. The molecule has 1 aromatic carbocycles. The van der Waals surface area contributed by atoms with Gasteiger partial charge in [-0.05, 0) is 30.2 Å². The van der Waals surface area contributed by atoms with Crippen LogP contribution in [0, 0.1) is 0 Å². The van der Waals surface area contributed by atoms with Crippen molar-refractivity contribution in [1.82, 2.24) is 15.1 Å². The maximum absolute atomic E-state index is 4.26. The van der Waals surface area contributed by atoms with Crippen molar-refractivity contribution in [2.24, 2.45) is 7.05 Å². The molecule has 1 heterocycles. The van der Waals surface area contributed by atoms with Gasteiger partial charge in [0.25, 0.3) is 0 Å². The quantitative estimate of drug-likeness (QED) is 0.875. The smallest absolute Gasteiger partial charge is 0.0748 e. The van der Waals surface area contributed by atoms with E-state index in [1.807, 2.05) is 17.9 Å². The van der Waals surface area contributed by atoms with Crippen molar-refractivity contribution in [3.63, 3.8) is 0 Å². The Morgan fingerprint density at radius 2 is 1.89 bits per heavy atom. The van der Waals surface area contributed by atoms with Crippen molar-refractivity contribution >= 4 is 0 Å². The van der Waals surface area contributed by atoms with E-state index in [1.165, 1.54) is 16.8 Å². The minimum absolute atomic E-state index is 0.216. The standard InChI is InChI=1S/C15H21N3/c1-4-12-6-8-13(9-7-12)15(16-5-2)14-10-11-17-18(14)3/h6-11,15-16H,4-5H2,1-3H3. The lowest BCUT2D eigenvalue weighted by atomic mass is 10.0. The zero-order chi connectivity index (χ0) is 13.0. The average Bonchev–Trinajstić information content (AvgIpc) is 2.82. The topological polar surface area (TPSA) is 29.9 Å². The van der Waals surface area contributed by atoms with Gasteiger partial charge in [-0.2, -0.15) is 5.10 Å². The Morgan fingerprint density at radius 3 is 2.39 bits per heavy atom. The van der Waals surface area contributed by atoms with Gasteiger partial charge in [0.05, 0.1) is 11.7 Å². The van der Waals surface area contributed by atoms with Crippen LogP contribution < -0.4 is 5.32 Å². The minimum atomic E-state index is 0.216. The maximum atomic E-state index is 4.26. The molecule has 0 saturated heterocycles. The van der Waals surface area contributed by atoms with Gasteiger partial charge in [-0.15, -0.1) is 0 Å². The first-order valence-corrected chi connectivity index (χ1v) is 6.56. The second-order valence-corrected chi connectivity index (χ2v) is 4.47. The first-order chi connectivity index (χ1) is 8.76. The lowest BCUT2D eigenvalue weighted by molar-refractivity contribution is 0.572. The normalized spacial score (nSPS) is 12.6. The predicted octanol–water partition coefficient (Wildman–Crippen LogP) is 2.68. The molecule has 0 bridgehead atoms. The molecular weight excluding hydrogens is 222 g/mol. The first-order valence-electron chi connectivity index (χ1n) is 6.56. The molecular formula is C15H21N3. The van der Waals surface area contributed by atoms with E-state index in [2.05, 4.69) is 54.6 Å². The highest BCUT2D eigenvalue weighted by Crippen LogP contribution is 2.21. The van der Waals surface area contributed by atoms with Gasteiger partial charge in [0.2, 0.25) is 0 Å². The predicted molar refractivity (Wildman–Crippen MR) is 74.5 cm³/mol. The molecule has 1 atom stereocenters. The lowest BCUT2D eigenvalue weighted by Gasteiger charge is -2.19. The summed E-state index contributed by atoms with van der Waals surface area (Å²) in [5, 5.41) is 7.77. The number of nitrogens with zero attached hydrogens (tertiary/aromatic N) is 2. The van der Waals surface area contributed by atoms with Gasteiger partial charge in [-0.3, -0.25) is 4.68 Å². The molecule has 0 radical (unpaired) electrons. The third-order valence-electron chi connectivity index (χ3n) is 3.28. The fraction of sp³-hybridized carbons (Fsp3) is 0.400. The third kappa shape index (κ3) is 2.62. The van der Waals surface area contributed by atoms with E-state index in [0.717, 1.165) is 13.0 Å². The first kappa shape index (κ1) is 12.8. The number of aryl methyl sites for hydroxylation is 2.